The van der Waals surface area contributed by atoms with Gasteiger partial charge in [0, 0.05) is 6.61 Å². The maximum Gasteiger partial charge on any atom is 0.311 e. The van der Waals surface area contributed by atoms with Crippen LogP contribution in [0.1, 0.15) is 53.4 Å². The Bertz CT molecular complexity index is 336. The summed E-state index contributed by atoms with van der Waals surface area (Å²) in [7, 11) is -0.159. The van der Waals surface area contributed by atoms with Crippen LogP contribution >= 0.6 is 0 Å². The number of carbonyl (C=O) groups excluding carboxylic acids is 1. The molecule has 1 aliphatic carbocycles. The molecule has 0 amide bonds. The Morgan fingerprint density at radius 1 is 1.25 bits per heavy atom. The molecule has 0 aromatic heterocycles. The topological polar surface area (TPSA) is 35.5 Å². The summed E-state index contributed by atoms with van der Waals surface area (Å²) in [6, 6.07) is 0. The Labute approximate surface area is 125 Å². The minimum atomic E-state index is -1.64. The van der Waals surface area contributed by atoms with Crippen molar-refractivity contribution in [2.75, 3.05) is 13.7 Å². The standard InChI is InChI=1S/C16H32O3Si/c1-15(2,3)20(6,7)19-12-13-8-10-16(4,11-9-13)14(17)18-5/h13H,8-12H2,1-7H3. The highest BCUT2D eigenvalue weighted by Crippen LogP contribution is 2.41. The molecule has 0 radical (unpaired) electrons. The van der Waals surface area contributed by atoms with Crippen LogP contribution in [0.3, 0.4) is 0 Å². The average Bonchev–Trinajstić information content (AvgIpc) is 2.36. The number of ether oxygens (including phenoxy) is 1. The summed E-state index contributed by atoms with van der Waals surface area (Å²) in [5.74, 6) is 0.545. The van der Waals surface area contributed by atoms with Gasteiger partial charge in [0.15, 0.2) is 8.32 Å². The first kappa shape index (κ1) is 17.7. The zero-order valence-corrected chi connectivity index (χ0v) is 15.3. The molecule has 0 heterocycles. The Balaban J connectivity index is 2.46. The summed E-state index contributed by atoms with van der Waals surface area (Å²) in [5.41, 5.74) is -0.276. The minimum absolute atomic E-state index is 0.0544. The van der Waals surface area contributed by atoms with E-state index in [-0.39, 0.29) is 16.4 Å². The molecule has 0 saturated heterocycles. The van der Waals surface area contributed by atoms with Gasteiger partial charge in [0.05, 0.1) is 12.5 Å². The maximum absolute atomic E-state index is 11.8. The molecule has 1 fully saturated rings. The number of carbonyl (C=O) groups is 1. The quantitative estimate of drug-likeness (QED) is 0.571. The molecule has 0 unspecified atom stereocenters. The van der Waals surface area contributed by atoms with Crippen LogP contribution in [0.15, 0.2) is 0 Å². The summed E-state index contributed by atoms with van der Waals surface area (Å²) in [5, 5.41) is 0.266. The van der Waals surface area contributed by atoms with Gasteiger partial charge in [-0.05, 0) is 56.7 Å². The molecule has 0 bridgehead atoms. The average molecular weight is 301 g/mol. The van der Waals surface area contributed by atoms with Gasteiger partial charge in [-0.25, -0.2) is 0 Å². The van der Waals surface area contributed by atoms with Crippen LogP contribution in [-0.4, -0.2) is 28.0 Å². The highest BCUT2D eigenvalue weighted by molar-refractivity contribution is 6.74. The van der Waals surface area contributed by atoms with Gasteiger partial charge in [0.25, 0.3) is 0 Å². The van der Waals surface area contributed by atoms with E-state index in [4.69, 9.17) is 9.16 Å². The molecular weight excluding hydrogens is 268 g/mol. The van der Waals surface area contributed by atoms with Gasteiger partial charge < -0.3 is 9.16 Å². The Morgan fingerprint density at radius 2 is 1.75 bits per heavy atom. The Hall–Kier alpha value is -0.353. The highest BCUT2D eigenvalue weighted by atomic mass is 28.4. The number of rotatable bonds is 4. The van der Waals surface area contributed by atoms with E-state index in [0.29, 0.717) is 5.92 Å². The maximum atomic E-state index is 11.8. The molecule has 0 N–H and O–H groups in total. The smallest absolute Gasteiger partial charge is 0.311 e. The predicted octanol–water partition coefficient (Wildman–Crippen LogP) is 4.38. The summed E-state index contributed by atoms with van der Waals surface area (Å²) in [4.78, 5) is 11.8. The minimum Gasteiger partial charge on any atom is -0.469 e. The zero-order valence-electron chi connectivity index (χ0n) is 14.3. The van der Waals surface area contributed by atoms with Crippen molar-refractivity contribution in [3.63, 3.8) is 0 Å². The second-order valence-electron chi connectivity index (χ2n) is 8.07. The van der Waals surface area contributed by atoms with Gasteiger partial charge in [0.2, 0.25) is 0 Å². The molecule has 118 valence electrons. The third kappa shape index (κ3) is 4.07. The molecule has 0 aromatic carbocycles. The summed E-state index contributed by atoms with van der Waals surface area (Å²) in [6.07, 6.45) is 3.98. The lowest BCUT2D eigenvalue weighted by molar-refractivity contribution is -0.154. The van der Waals surface area contributed by atoms with Gasteiger partial charge in [-0.15, -0.1) is 0 Å². The van der Waals surface area contributed by atoms with Gasteiger partial charge in [0.1, 0.15) is 0 Å². The van der Waals surface area contributed by atoms with E-state index >= 15 is 0 Å². The molecule has 0 aromatic rings. The fourth-order valence-corrected chi connectivity index (χ4v) is 3.56. The Morgan fingerprint density at radius 3 is 2.15 bits per heavy atom. The van der Waals surface area contributed by atoms with E-state index in [9.17, 15) is 4.79 Å². The summed E-state index contributed by atoms with van der Waals surface area (Å²) < 4.78 is 11.2. The first-order valence-corrected chi connectivity index (χ1v) is 10.6. The lowest BCUT2D eigenvalue weighted by atomic mass is 9.72. The molecule has 1 saturated carbocycles. The van der Waals surface area contributed by atoms with Crippen molar-refractivity contribution in [1.82, 2.24) is 0 Å². The zero-order chi connectivity index (χ0) is 15.6. The molecule has 0 spiro atoms. The monoisotopic (exact) mass is 300 g/mol. The number of hydrogen-bond donors (Lipinski definition) is 0. The fraction of sp³-hybridized carbons (Fsp3) is 0.938. The van der Waals surface area contributed by atoms with E-state index in [2.05, 4.69) is 33.9 Å². The second-order valence-corrected chi connectivity index (χ2v) is 12.9. The van der Waals surface area contributed by atoms with Crippen LogP contribution in [0.4, 0.5) is 0 Å². The first-order chi connectivity index (χ1) is 9.02. The fourth-order valence-electron chi connectivity index (χ4n) is 2.47. The van der Waals surface area contributed by atoms with Crippen LogP contribution in [0.5, 0.6) is 0 Å². The van der Waals surface area contributed by atoms with Gasteiger partial charge >= 0.3 is 5.97 Å². The summed E-state index contributed by atoms with van der Waals surface area (Å²) in [6.45, 7) is 14.3. The summed E-state index contributed by atoms with van der Waals surface area (Å²) >= 11 is 0. The van der Waals surface area contributed by atoms with Crippen molar-refractivity contribution in [2.24, 2.45) is 11.3 Å². The lowest BCUT2D eigenvalue weighted by Crippen LogP contribution is -2.43. The van der Waals surface area contributed by atoms with Crippen molar-refractivity contribution in [2.45, 2.75) is 71.5 Å². The third-order valence-electron chi connectivity index (χ3n) is 5.37. The molecular formula is C16H32O3Si. The first-order valence-electron chi connectivity index (χ1n) is 7.74. The largest absolute Gasteiger partial charge is 0.469 e. The third-order valence-corrected chi connectivity index (χ3v) is 9.87. The van der Waals surface area contributed by atoms with E-state index in [0.717, 1.165) is 32.3 Å². The van der Waals surface area contributed by atoms with E-state index < -0.39 is 8.32 Å². The van der Waals surface area contributed by atoms with Crippen LogP contribution in [0.25, 0.3) is 0 Å². The number of hydrogen-bond acceptors (Lipinski definition) is 3. The van der Waals surface area contributed by atoms with Gasteiger partial charge in [-0.3, -0.25) is 4.79 Å². The normalized spacial score (nSPS) is 28.2. The van der Waals surface area contributed by atoms with E-state index in [1.807, 2.05) is 6.92 Å². The van der Waals surface area contributed by atoms with Crippen molar-refractivity contribution in [1.29, 1.82) is 0 Å². The highest BCUT2D eigenvalue weighted by Gasteiger charge is 2.41. The SMILES string of the molecule is COC(=O)C1(C)CCC(CO[Si](C)(C)C(C)(C)C)CC1. The molecule has 0 atom stereocenters. The molecule has 1 aliphatic rings. The number of esters is 1. The van der Waals surface area contributed by atoms with Crippen LogP contribution in [-0.2, 0) is 14.0 Å². The molecule has 1 rings (SSSR count). The van der Waals surface area contributed by atoms with Crippen molar-refractivity contribution in [3.05, 3.63) is 0 Å². The van der Waals surface area contributed by atoms with Crippen molar-refractivity contribution in [3.8, 4) is 0 Å². The molecule has 20 heavy (non-hydrogen) atoms. The van der Waals surface area contributed by atoms with E-state index in [1.165, 1.54) is 7.11 Å². The van der Waals surface area contributed by atoms with E-state index in [1.54, 1.807) is 0 Å². The molecule has 3 nitrogen and oxygen atoms in total. The second kappa shape index (κ2) is 6.18. The molecule has 4 heteroatoms. The van der Waals surface area contributed by atoms with Gasteiger partial charge in [-0.2, -0.15) is 0 Å². The van der Waals surface area contributed by atoms with Crippen molar-refractivity contribution >= 4 is 14.3 Å². The number of methoxy groups -OCH3 is 1. The van der Waals surface area contributed by atoms with Crippen molar-refractivity contribution < 1.29 is 14.0 Å². The predicted molar refractivity (Wildman–Crippen MR) is 85.2 cm³/mol. The molecule has 0 aliphatic heterocycles. The van der Waals surface area contributed by atoms with Gasteiger partial charge in [-0.1, -0.05) is 20.8 Å². The van der Waals surface area contributed by atoms with Crippen LogP contribution in [0.2, 0.25) is 18.1 Å². The van der Waals surface area contributed by atoms with Crippen LogP contribution in [0, 0.1) is 11.3 Å². The Kier molecular flexibility index (Phi) is 5.47. The van der Waals surface area contributed by atoms with Crippen LogP contribution < -0.4 is 0 Å². The lowest BCUT2D eigenvalue weighted by Gasteiger charge is -2.39.